The Morgan fingerprint density at radius 1 is 1.29 bits per heavy atom. The Labute approximate surface area is 142 Å². The number of fused-ring (bicyclic) bond motifs is 2. The number of hydrogen-bond acceptors (Lipinski definition) is 4. The molecule has 3 atom stereocenters. The van der Waals surface area contributed by atoms with Gasteiger partial charge in [0.2, 0.25) is 0 Å². The lowest BCUT2D eigenvalue weighted by Gasteiger charge is -2.28. The van der Waals surface area contributed by atoms with Gasteiger partial charge in [-0.1, -0.05) is 18.2 Å². The Morgan fingerprint density at radius 3 is 2.75 bits per heavy atom. The molecule has 0 unspecified atom stereocenters. The highest BCUT2D eigenvalue weighted by Crippen LogP contribution is 2.52. The first-order valence-corrected chi connectivity index (χ1v) is 8.27. The minimum absolute atomic E-state index is 0.00951. The summed E-state index contributed by atoms with van der Waals surface area (Å²) < 4.78 is 14.8. The zero-order valence-corrected chi connectivity index (χ0v) is 14.8. The Bertz CT molecular complexity index is 880. The van der Waals surface area contributed by atoms with E-state index in [0.29, 0.717) is 0 Å². The zero-order valence-electron chi connectivity index (χ0n) is 14.8. The average molecular weight is 325 g/mol. The van der Waals surface area contributed by atoms with E-state index in [0.717, 1.165) is 27.9 Å². The fourth-order valence-corrected chi connectivity index (χ4v) is 4.17. The predicted octanol–water partition coefficient (Wildman–Crippen LogP) is 3.71. The van der Waals surface area contributed by atoms with Crippen LogP contribution in [0.3, 0.4) is 0 Å². The summed E-state index contributed by atoms with van der Waals surface area (Å²) in [5, 5.41) is 1.06. The first-order chi connectivity index (χ1) is 11.2. The lowest BCUT2D eigenvalue weighted by atomic mass is 9.91. The maximum Gasteiger partial charge on any atom is 0.164 e. The molecule has 0 aromatic carbocycles. The quantitative estimate of drug-likeness (QED) is 0.844. The summed E-state index contributed by atoms with van der Waals surface area (Å²) in [5.74, 6) is -0.625. The van der Waals surface area contributed by atoms with Crippen LogP contribution in [-0.2, 0) is 9.47 Å². The van der Waals surface area contributed by atoms with Gasteiger partial charge in [-0.15, -0.1) is 0 Å². The van der Waals surface area contributed by atoms with Gasteiger partial charge in [-0.2, -0.15) is 0 Å². The minimum atomic E-state index is -0.625. The van der Waals surface area contributed by atoms with Crippen LogP contribution in [0.25, 0.3) is 11.0 Å². The molecule has 1 fully saturated rings. The summed E-state index contributed by atoms with van der Waals surface area (Å²) in [7, 11) is 0. The summed E-state index contributed by atoms with van der Waals surface area (Å²) in [6.45, 7) is 14.2. The molecule has 1 saturated heterocycles. The highest BCUT2D eigenvalue weighted by Gasteiger charge is 2.59. The van der Waals surface area contributed by atoms with Crippen molar-refractivity contribution in [1.82, 2.24) is 14.5 Å². The maximum atomic E-state index is 6.30. The summed E-state index contributed by atoms with van der Waals surface area (Å²) in [6.07, 6.45) is 5.76. The average Bonchev–Trinajstić information content (AvgIpc) is 3.07. The molecule has 1 aliphatic carbocycles. The van der Waals surface area contributed by atoms with Crippen molar-refractivity contribution in [3.05, 3.63) is 48.1 Å². The van der Waals surface area contributed by atoms with Crippen molar-refractivity contribution in [2.45, 2.75) is 58.2 Å². The summed E-state index contributed by atoms with van der Waals surface area (Å²) >= 11 is 0. The molecule has 4 rings (SSSR count). The van der Waals surface area contributed by atoms with Gasteiger partial charge < -0.3 is 14.0 Å². The normalized spacial score (nSPS) is 31.3. The second-order valence-electron chi connectivity index (χ2n) is 7.42. The SMILES string of the molecule is C=C(C)C1=C[C@@H](n2ccc3c(C)ncnc32)[C@@H]2OC(C)(C)O[C@]12C. The molecule has 5 nitrogen and oxygen atoms in total. The van der Waals surface area contributed by atoms with E-state index in [1.807, 2.05) is 27.7 Å². The Kier molecular flexibility index (Phi) is 3.09. The van der Waals surface area contributed by atoms with Crippen LogP contribution < -0.4 is 0 Å². The van der Waals surface area contributed by atoms with Gasteiger partial charge in [-0.25, -0.2) is 9.97 Å². The van der Waals surface area contributed by atoms with Crippen LogP contribution in [0.5, 0.6) is 0 Å². The number of aromatic nitrogens is 3. The number of hydrogen-bond donors (Lipinski definition) is 0. The van der Waals surface area contributed by atoms with Crippen molar-refractivity contribution in [2.24, 2.45) is 0 Å². The van der Waals surface area contributed by atoms with Gasteiger partial charge in [-0.3, -0.25) is 0 Å². The smallest absolute Gasteiger partial charge is 0.164 e. The highest BCUT2D eigenvalue weighted by atomic mass is 16.8. The van der Waals surface area contributed by atoms with E-state index >= 15 is 0 Å². The van der Waals surface area contributed by atoms with Crippen LogP contribution >= 0.6 is 0 Å². The van der Waals surface area contributed by atoms with Crippen LogP contribution in [0.1, 0.15) is 39.4 Å². The van der Waals surface area contributed by atoms with E-state index in [9.17, 15) is 0 Å². The fraction of sp³-hybridized carbons (Fsp3) is 0.474. The van der Waals surface area contributed by atoms with E-state index in [1.165, 1.54) is 0 Å². The number of nitrogens with zero attached hydrogens (tertiary/aromatic N) is 3. The molecule has 2 aromatic heterocycles. The molecule has 0 N–H and O–H groups in total. The van der Waals surface area contributed by atoms with Gasteiger partial charge in [0, 0.05) is 11.6 Å². The summed E-state index contributed by atoms with van der Waals surface area (Å²) in [5.41, 5.74) is 3.51. The van der Waals surface area contributed by atoms with Crippen molar-refractivity contribution in [1.29, 1.82) is 0 Å². The van der Waals surface area contributed by atoms with Gasteiger partial charge in [-0.05, 0) is 46.3 Å². The third-order valence-electron chi connectivity index (χ3n) is 5.08. The van der Waals surface area contributed by atoms with Gasteiger partial charge in [0.15, 0.2) is 5.79 Å². The fourth-order valence-electron chi connectivity index (χ4n) is 4.17. The summed E-state index contributed by atoms with van der Waals surface area (Å²) in [6, 6.07) is 2.07. The number of ether oxygens (including phenoxy) is 2. The lowest BCUT2D eigenvalue weighted by Crippen LogP contribution is -2.38. The zero-order chi connectivity index (χ0) is 17.3. The second-order valence-corrected chi connectivity index (χ2v) is 7.42. The molecule has 2 aliphatic rings. The summed E-state index contributed by atoms with van der Waals surface area (Å²) in [4.78, 5) is 8.78. The van der Waals surface area contributed by atoms with Gasteiger partial charge in [0.05, 0.1) is 11.7 Å². The van der Waals surface area contributed by atoms with Crippen molar-refractivity contribution >= 4 is 11.0 Å². The Hall–Kier alpha value is -1.98. The molecule has 5 heteroatoms. The Balaban J connectivity index is 1.88. The molecule has 24 heavy (non-hydrogen) atoms. The Morgan fingerprint density at radius 2 is 2.04 bits per heavy atom. The molecular formula is C19H23N3O2. The first kappa shape index (κ1) is 15.5. The maximum absolute atomic E-state index is 6.30. The van der Waals surface area contributed by atoms with Gasteiger partial charge in [0.1, 0.15) is 23.7 Å². The first-order valence-electron chi connectivity index (χ1n) is 8.27. The molecule has 0 amide bonds. The number of aryl methyl sites for hydroxylation is 1. The molecule has 1 aliphatic heterocycles. The third kappa shape index (κ3) is 2.01. The topological polar surface area (TPSA) is 49.2 Å². The minimum Gasteiger partial charge on any atom is -0.341 e. The number of rotatable bonds is 2. The van der Waals surface area contributed by atoms with Gasteiger partial charge in [0.25, 0.3) is 0 Å². The van der Waals surface area contributed by atoms with E-state index < -0.39 is 11.4 Å². The van der Waals surface area contributed by atoms with Crippen LogP contribution in [0.15, 0.2) is 42.4 Å². The van der Waals surface area contributed by atoms with E-state index in [1.54, 1.807) is 6.33 Å². The third-order valence-corrected chi connectivity index (χ3v) is 5.08. The predicted molar refractivity (Wildman–Crippen MR) is 92.6 cm³/mol. The molecule has 126 valence electrons. The van der Waals surface area contributed by atoms with Crippen molar-refractivity contribution < 1.29 is 9.47 Å². The van der Waals surface area contributed by atoms with Crippen molar-refractivity contribution in [2.75, 3.05) is 0 Å². The van der Waals surface area contributed by atoms with Gasteiger partial charge >= 0.3 is 0 Å². The highest BCUT2D eigenvalue weighted by molar-refractivity contribution is 5.78. The largest absolute Gasteiger partial charge is 0.341 e. The van der Waals surface area contributed by atoms with Crippen LogP contribution in [0.4, 0.5) is 0 Å². The molecule has 0 radical (unpaired) electrons. The van der Waals surface area contributed by atoms with Crippen LogP contribution in [0, 0.1) is 6.92 Å². The van der Waals surface area contributed by atoms with Crippen molar-refractivity contribution in [3.63, 3.8) is 0 Å². The monoisotopic (exact) mass is 325 g/mol. The molecule has 0 saturated carbocycles. The lowest BCUT2D eigenvalue weighted by molar-refractivity contribution is -0.157. The molecule has 2 aromatic rings. The molecule has 0 spiro atoms. The van der Waals surface area contributed by atoms with Crippen molar-refractivity contribution in [3.8, 4) is 0 Å². The standard InChI is InChI=1S/C19H23N3O2/c1-11(2)14-9-15(16-19(14,6)24-18(4,5)23-16)22-8-7-13-12(3)20-10-21-17(13)22/h7-10,15-16H,1H2,2-6H3/t15-,16+,19-/m1/s1. The van der Waals surface area contributed by atoms with Crippen LogP contribution in [-0.4, -0.2) is 32.0 Å². The van der Waals surface area contributed by atoms with E-state index in [-0.39, 0.29) is 12.1 Å². The van der Waals surface area contributed by atoms with E-state index in [2.05, 4.69) is 46.4 Å². The molecular weight excluding hydrogens is 302 g/mol. The molecule has 3 heterocycles. The second kappa shape index (κ2) is 4.77. The van der Waals surface area contributed by atoms with E-state index in [4.69, 9.17) is 9.47 Å². The van der Waals surface area contributed by atoms with Crippen LogP contribution in [0.2, 0.25) is 0 Å². The molecule has 0 bridgehead atoms.